The van der Waals surface area contributed by atoms with Crippen molar-refractivity contribution in [1.29, 1.82) is 5.26 Å². The molecule has 100 valence electrons. The van der Waals surface area contributed by atoms with E-state index in [-0.39, 0.29) is 5.78 Å². The van der Waals surface area contributed by atoms with Gasteiger partial charge in [-0.3, -0.25) is 4.79 Å². The summed E-state index contributed by atoms with van der Waals surface area (Å²) in [6.07, 6.45) is 0. The van der Waals surface area contributed by atoms with E-state index in [1.54, 1.807) is 42.5 Å². The van der Waals surface area contributed by atoms with E-state index in [0.29, 0.717) is 25.6 Å². The van der Waals surface area contributed by atoms with Crippen LogP contribution >= 0.6 is 39.1 Å². The van der Waals surface area contributed by atoms with Crippen LogP contribution in [0.4, 0.5) is 0 Å². The minimum absolute atomic E-state index is 0.310. The number of nitriles is 1. The zero-order chi connectivity index (χ0) is 14.7. The molecule has 0 aliphatic carbocycles. The summed E-state index contributed by atoms with van der Waals surface area (Å²) >= 11 is 15.5. The highest BCUT2D eigenvalue weighted by atomic mass is 79.9. The number of halogens is 3. The van der Waals surface area contributed by atoms with Crippen LogP contribution in [0.3, 0.4) is 0 Å². The molecule has 2 nitrogen and oxygen atoms in total. The number of hydrogen-bond acceptors (Lipinski definition) is 2. The van der Waals surface area contributed by atoms with Gasteiger partial charge in [0.05, 0.1) is 6.07 Å². The molecule has 5 heteroatoms. The molecule has 2 aromatic carbocycles. The number of carbonyl (C=O) groups is 1. The van der Waals surface area contributed by atoms with Crippen LogP contribution in [0.5, 0.6) is 0 Å². The van der Waals surface area contributed by atoms with Crippen molar-refractivity contribution in [3.8, 4) is 6.07 Å². The molecule has 0 aliphatic rings. The van der Waals surface area contributed by atoms with Gasteiger partial charge in [0, 0.05) is 25.6 Å². The summed E-state index contributed by atoms with van der Waals surface area (Å²) in [4.78, 5) is 12.5. The topological polar surface area (TPSA) is 40.9 Å². The van der Waals surface area contributed by atoms with E-state index >= 15 is 0 Å². The maximum atomic E-state index is 12.5. The average Bonchev–Trinajstić information content (AvgIpc) is 2.43. The molecule has 0 bridgehead atoms. The van der Waals surface area contributed by atoms with E-state index in [0.717, 1.165) is 0 Å². The summed E-state index contributed by atoms with van der Waals surface area (Å²) in [6, 6.07) is 13.8. The second-order valence-electron chi connectivity index (χ2n) is 4.04. The average molecular weight is 369 g/mol. The highest BCUT2D eigenvalue weighted by molar-refractivity contribution is 9.10. The first-order chi connectivity index (χ1) is 9.56. The zero-order valence-corrected chi connectivity index (χ0v) is 13.2. The molecule has 0 fully saturated rings. The van der Waals surface area contributed by atoms with Crippen LogP contribution in [0.25, 0.3) is 0 Å². The molecular formula is C15H8BrCl2NO. The molecule has 2 rings (SSSR count). The van der Waals surface area contributed by atoms with E-state index in [1.807, 2.05) is 6.07 Å². The monoisotopic (exact) mass is 367 g/mol. The Kier molecular flexibility index (Phi) is 4.82. The third kappa shape index (κ3) is 2.88. The van der Waals surface area contributed by atoms with E-state index < -0.39 is 5.92 Å². The van der Waals surface area contributed by atoms with Gasteiger partial charge in [0.2, 0.25) is 0 Å². The Labute approximate surface area is 135 Å². The van der Waals surface area contributed by atoms with Crippen LogP contribution in [-0.4, -0.2) is 5.78 Å². The summed E-state index contributed by atoms with van der Waals surface area (Å²) < 4.78 is 0.633. The Morgan fingerprint density at radius 3 is 2.25 bits per heavy atom. The molecule has 0 saturated carbocycles. The van der Waals surface area contributed by atoms with Gasteiger partial charge in [-0.15, -0.1) is 0 Å². The van der Waals surface area contributed by atoms with Crippen molar-refractivity contribution in [2.45, 2.75) is 5.92 Å². The maximum Gasteiger partial charge on any atom is 0.185 e. The van der Waals surface area contributed by atoms with Crippen LogP contribution in [-0.2, 0) is 0 Å². The largest absolute Gasteiger partial charge is 0.292 e. The lowest BCUT2D eigenvalue weighted by Gasteiger charge is -2.13. The number of Topliss-reactive ketones (excluding diaryl/α,β-unsaturated/α-hetero) is 1. The molecule has 0 saturated heterocycles. The zero-order valence-electron chi connectivity index (χ0n) is 10.1. The summed E-state index contributed by atoms with van der Waals surface area (Å²) in [7, 11) is 0. The maximum absolute atomic E-state index is 12.5. The van der Waals surface area contributed by atoms with Crippen LogP contribution in [0, 0.1) is 11.3 Å². The Balaban J connectivity index is 2.52. The number of benzene rings is 2. The predicted molar refractivity (Wildman–Crippen MR) is 83.3 cm³/mol. The lowest BCUT2D eigenvalue weighted by Crippen LogP contribution is -2.13. The van der Waals surface area contributed by atoms with Crippen molar-refractivity contribution in [3.05, 3.63) is 68.1 Å². The Morgan fingerprint density at radius 2 is 1.70 bits per heavy atom. The van der Waals surface area contributed by atoms with Gasteiger partial charge in [-0.2, -0.15) is 5.26 Å². The smallest absolute Gasteiger partial charge is 0.185 e. The normalized spacial score (nSPS) is 11.7. The first kappa shape index (κ1) is 15.1. The molecule has 1 unspecified atom stereocenters. The van der Waals surface area contributed by atoms with Gasteiger partial charge in [0.25, 0.3) is 0 Å². The van der Waals surface area contributed by atoms with Gasteiger partial charge >= 0.3 is 0 Å². The van der Waals surface area contributed by atoms with Crippen LogP contribution < -0.4 is 0 Å². The van der Waals surface area contributed by atoms with Gasteiger partial charge in [-0.25, -0.2) is 0 Å². The fourth-order valence-electron chi connectivity index (χ4n) is 1.86. The SMILES string of the molecule is N#CC(C(=O)c1ccccc1Br)c1c(Cl)cccc1Cl. The summed E-state index contributed by atoms with van der Waals surface area (Å²) in [6.45, 7) is 0. The molecule has 0 amide bonds. The number of hydrogen-bond donors (Lipinski definition) is 0. The van der Waals surface area contributed by atoms with E-state index in [2.05, 4.69) is 15.9 Å². The molecule has 0 heterocycles. The minimum Gasteiger partial charge on any atom is -0.292 e. The fourth-order valence-corrected chi connectivity index (χ4v) is 2.95. The Hall–Kier alpha value is -1.34. The van der Waals surface area contributed by atoms with Gasteiger partial charge in [-0.1, -0.05) is 63.4 Å². The third-order valence-electron chi connectivity index (χ3n) is 2.82. The van der Waals surface area contributed by atoms with Crippen molar-refractivity contribution in [3.63, 3.8) is 0 Å². The Bertz CT molecular complexity index is 689. The number of rotatable bonds is 3. The summed E-state index contributed by atoms with van der Waals surface area (Å²) in [5, 5.41) is 9.97. The van der Waals surface area contributed by atoms with Crippen molar-refractivity contribution in [1.82, 2.24) is 0 Å². The van der Waals surface area contributed by atoms with Gasteiger partial charge in [0.15, 0.2) is 5.78 Å². The summed E-state index contributed by atoms with van der Waals surface area (Å²) in [5.74, 6) is -1.37. The third-order valence-corrected chi connectivity index (χ3v) is 4.17. The van der Waals surface area contributed by atoms with Crippen molar-refractivity contribution in [2.75, 3.05) is 0 Å². The van der Waals surface area contributed by atoms with E-state index in [1.165, 1.54) is 0 Å². The lowest BCUT2D eigenvalue weighted by molar-refractivity contribution is 0.0978. The van der Waals surface area contributed by atoms with Crippen molar-refractivity contribution >= 4 is 44.9 Å². The second-order valence-corrected chi connectivity index (χ2v) is 5.71. The first-order valence-corrected chi connectivity index (χ1v) is 7.23. The standard InChI is InChI=1S/C15H8BrCl2NO/c16-11-5-2-1-4-9(11)15(20)10(8-19)14-12(17)6-3-7-13(14)18/h1-7,10H. The van der Waals surface area contributed by atoms with Gasteiger partial charge in [0.1, 0.15) is 5.92 Å². The predicted octanol–water partition coefficient (Wildman–Crippen LogP) is 5.25. The van der Waals surface area contributed by atoms with E-state index in [9.17, 15) is 10.1 Å². The molecule has 0 aromatic heterocycles. The number of carbonyl (C=O) groups excluding carboxylic acids is 1. The van der Waals surface area contributed by atoms with Crippen LogP contribution in [0.2, 0.25) is 10.0 Å². The second kappa shape index (κ2) is 6.41. The van der Waals surface area contributed by atoms with Gasteiger partial charge in [-0.05, 0) is 18.2 Å². The van der Waals surface area contributed by atoms with E-state index in [4.69, 9.17) is 23.2 Å². The van der Waals surface area contributed by atoms with Gasteiger partial charge < -0.3 is 0 Å². The quantitative estimate of drug-likeness (QED) is 0.694. The summed E-state index contributed by atoms with van der Waals surface area (Å²) in [5.41, 5.74) is 0.772. The lowest BCUT2D eigenvalue weighted by atomic mass is 9.92. The molecule has 2 aromatic rings. The van der Waals surface area contributed by atoms with Crippen molar-refractivity contribution in [2.24, 2.45) is 0 Å². The fraction of sp³-hybridized carbons (Fsp3) is 0.0667. The number of nitrogens with zero attached hydrogens (tertiary/aromatic N) is 1. The molecular weight excluding hydrogens is 361 g/mol. The highest BCUT2D eigenvalue weighted by Crippen LogP contribution is 2.34. The molecule has 20 heavy (non-hydrogen) atoms. The van der Waals surface area contributed by atoms with Crippen LogP contribution in [0.15, 0.2) is 46.9 Å². The molecule has 0 aliphatic heterocycles. The molecule has 0 N–H and O–H groups in total. The van der Waals surface area contributed by atoms with Crippen molar-refractivity contribution < 1.29 is 4.79 Å². The first-order valence-electron chi connectivity index (χ1n) is 5.68. The van der Waals surface area contributed by atoms with Crippen LogP contribution in [0.1, 0.15) is 21.8 Å². The number of ketones is 1. The highest BCUT2D eigenvalue weighted by Gasteiger charge is 2.27. The molecule has 1 atom stereocenters. The molecule has 0 spiro atoms. The minimum atomic E-state index is -1.03. The Morgan fingerprint density at radius 1 is 1.10 bits per heavy atom. The molecule has 0 radical (unpaired) electrons.